The molecule has 0 saturated carbocycles. The first-order valence-electron chi connectivity index (χ1n) is 5.18. The first-order chi connectivity index (χ1) is 8.29. The van der Waals surface area contributed by atoms with Crippen LogP contribution in [0.2, 0.25) is 5.28 Å². The molecule has 0 aliphatic rings. The van der Waals surface area contributed by atoms with Crippen LogP contribution in [0.5, 0.6) is 5.88 Å². The van der Waals surface area contributed by atoms with Gasteiger partial charge in [0.05, 0.1) is 6.61 Å². The van der Waals surface area contributed by atoms with Crippen LogP contribution in [-0.2, 0) is 6.18 Å². The molecule has 18 heavy (non-hydrogen) atoms. The molecular formula is C10H13ClF3N3O. The van der Waals surface area contributed by atoms with Crippen molar-refractivity contribution in [3.05, 3.63) is 17.0 Å². The van der Waals surface area contributed by atoms with Crippen LogP contribution in [0.3, 0.4) is 0 Å². The van der Waals surface area contributed by atoms with Crippen LogP contribution in [0.25, 0.3) is 0 Å². The fraction of sp³-hybridized carbons (Fsp3) is 0.600. The summed E-state index contributed by atoms with van der Waals surface area (Å²) in [5, 5.41) is -0.479. The van der Waals surface area contributed by atoms with E-state index in [2.05, 4.69) is 9.97 Å². The average Bonchev–Trinajstić information content (AvgIpc) is 2.22. The molecule has 1 aromatic rings. The Morgan fingerprint density at radius 1 is 1.33 bits per heavy atom. The predicted molar refractivity (Wildman–Crippen MR) is 60.7 cm³/mol. The number of halogens is 4. The van der Waals surface area contributed by atoms with Crippen molar-refractivity contribution < 1.29 is 17.9 Å². The Morgan fingerprint density at radius 2 is 2.00 bits per heavy atom. The van der Waals surface area contributed by atoms with Gasteiger partial charge in [-0.15, -0.1) is 0 Å². The fourth-order valence-electron chi connectivity index (χ4n) is 1.17. The molecule has 0 saturated heterocycles. The first-order valence-corrected chi connectivity index (χ1v) is 5.56. The molecule has 0 bridgehead atoms. The number of alkyl halides is 3. The summed E-state index contributed by atoms with van der Waals surface area (Å²) in [4.78, 5) is 8.63. The number of rotatable bonds is 5. The van der Waals surface area contributed by atoms with Gasteiger partial charge in [-0.1, -0.05) is 0 Å². The summed E-state index contributed by atoms with van der Waals surface area (Å²) >= 11 is 5.41. The van der Waals surface area contributed by atoms with Crippen molar-refractivity contribution in [2.45, 2.75) is 12.6 Å². The third kappa shape index (κ3) is 5.05. The van der Waals surface area contributed by atoms with E-state index in [1.165, 1.54) is 0 Å². The number of hydrogen-bond donors (Lipinski definition) is 0. The summed E-state index contributed by atoms with van der Waals surface area (Å²) in [6, 6.07) is 0.738. The Hall–Kier alpha value is -1.08. The smallest absolute Gasteiger partial charge is 0.433 e. The topological polar surface area (TPSA) is 38.2 Å². The van der Waals surface area contributed by atoms with E-state index in [1.54, 1.807) is 0 Å². The molecule has 0 aliphatic heterocycles. The van der Waals surface area contributed by atoms with Gasteiger partial charge in [0, 0.05) is 12.6 Å². The van der Waals surface area contributed by atoms with Crippen molar-refractivity contribution in [2.24, 2.45) is 0 Å². The van der Waals surface area contributed by atoms with Crippen molar-refractivity contribution in [1.29, 1.82) is 0 Å². The maximum Gasteiger partial charge on any atom is 0.433 e. The minimum absolute atomic E-state index is 0.166. The normalized spacial score (nSPS) is 11.9. The molecule has 0 spiro atoms. The molecule has 0 aliphatic carbocycles. The number of hydrogen-bond acceptors (Lipinski definition) is 4. The maximum atomic E-state index is 12.4. The minimum Gasteiger partial charge on any atom is -0.477 e. The second-order valence-electron chi connectivity index (χ2n) is 3.86. The van der Waals surface area contributed by atoms with E-state index in [9.17, 15) is 13.2 Å². The minimum atomic E-state index is -4.56. The van der Waals surface area contributed by atoms with E-state index in [0.717, 1.165) is 12.6 Å². The summed E-state index contributed by atoms with van der Waals surface area (Å²) in [5.41, 5.74) is -1.11. The Labute approximate surface area is 108 Å². The Kier molecular flexibility index (Phi) is 5.15. The van der Waals surface area contributed by atoms with Gasteiger partial charge >= 0.3 is 6.18 Å². The molecule has 0 amide bonds. The highest BCUT2D eigenvalue weighted by Crippen LogP contribution is 2.30. The third-order valence-electron chi connectivity index (χ3n) is 1.97. The van der Waals surface area contributed by atoms with Crippen molar-refractivity contribution >= 4 is 11.6 Å². The molecule has 1 aromatic heterocycles. The van der Waals surface area contributed by atoms with Gasteiger partial charge in [0.15, 0.2) is 5.69 Å². The highest BCUT2D eigenvalue weighted by molar-refractivity contribution is 6.28. The molecular weight excluding hydrogens is 271 g/mol. The molecule has 1 heterocycles. The summed E-state index contributed by atoms with van der Waals surface area (Å²) in [5.74, 6) is -0.166. The van der Waals surface area contributed by atoms with E-state index in [1.807, 2.05) is 19.0 Å². The molecule has 0 fully saturated rings. The summed E-state index contributed by atoms with van der Waals surface area (Å²) in [6.45, 7) is 1.04. The van der Waals surface area contributed by atoms with Crippen molar-refractivity contribution in [3.63, 3.8) is 0 Å². The molecule has 0 unspecified atom stereocenters. The highest BCUT2D eigenvalue weighted by atomic mass is 35.5. The molecule has 8 heteroatoms. The lowest BCUT2D eigenvalue weighted by Crippen LogP contribution is -2.16. The van der Waals surface area contributed by atoms with E-state index in [0.29, 0.717) is 6.42 Å². The van der Waals surface area contributed by atoms with Crippen LogP contribution in [-0.4, -0.2) is 42.1 Å². The molecule has 0 N–H and O–H groups in total. The molecule has 1 rings (SSSR count). The van der Waals surface area contributed by atoms with Crippen LogP contribution in [0.1, 0.15) is 12.1 Å². The van der Waals surface area contributed by atoms with Crippen LogP contribution in [0.4, 0.5) is 13.2 Å². The third-order valence-corrected chi connectivity index (χ3v) is 2.13. The predicted octanol–water partition coefficient (Wildman–Crippen LogP) is 2.48. The Bertz CT molecular complexity index is 398. The largest absolute Gasteiger partial charge is 0.477 e. The second-order valence-corrected chi connectivity index (χ2v) is 4.20. The van der Waals surface area contributed by atoms with Gasteiger partial charge < -0.3 is 9.64 Å². The van der Waals surface area contributed by atoms with Crippen LogP contribution in [0, 0.1) is 0 Å². The lowest BCUT2D eigenvalue weighted by Gasteiger charge is -2.11. The average molecular weight is 284 g/mol. The monoisotopic (exact) mass is 283 g/mol. The van der Waals surface area contributed by atoms with Crippen LogP contribution >= 0.6 is 11.6 Å². The first kappa shape index (κ1) is 15.0. The summed E-state index contributed by atoms with van der Waals surface area (Å²) in [7, 11) is 3.78. The van der Waals surface area contributed by atoms with Gasteiger partial charge in [0.25, 0.3) is 0 Å². The van der Waals surface area contributed by atoms with Gasteiger partial charge in [-0.05, 0) is 32.1 Å². The molecule has 102 valence electrons. The lowest BCUT2D eigenvalue weighted by molar-refractivity contribution is -0.141. The zero-order valence-electron chi connectivity index (χ0n) is 9.96. The van der Waals surface area contributed by atoms with Gasteiger partial charge in [0.2, 0.25) is 11.2 Å². The van der Waals surface area contributed by atoms with Gasteiger partial charge in [0.1, 0.15) is 0 Å². The van der Waals surface area contributed by atoms with Crippen molar-refractivity contribution in [3.8, 4) is 5.88 Å². The summed E-state index contributed by atoms with van der Waals surface area (Å²) < 4.78 is 42.4. The van der Waals surface area contributed by atoms with E-state index in [-0.39, 0.29) is 12.5 Å². The molecule has 0 aromatic carbocycles. The molecule has 0 atom stereocenters. The van der Waals surface area contributed by atoms with Gasteiger partial charge in [-0.2, -0.15) is 18.2 Å². The van der Waals surface area contributed by atoms with Crippen molar-refractivity contribution in [1.82, 2.24) is 14.9 Å². The Morgan fingerprint density at radius 3 is 2.56 bits per heavy atom. The zero-order valence-corrected chi connectivity index (χ0v) is 10.7. The second kappa shape index (κ2) is 6.19. The fourth-order valence-corrected chi connectivity index (χ4v) is 1.35. The molecule has 0 radical (unpaired) electrons. The standard InChI is InChI=1S/C10H13ClF3N3O/c1-17(2)4-3-5-18-8-6-7(10(12,13)14)15-9(11)16-8/h6H,3-5H2,1-2H3. The van der Waals surface area contributed by atoms with Crippen molar-refractivity contribution in [2.75, 3.05) is 27.2 Å². The van der Waals surface area contributed by atoms with Crippen LogP contribution < -0.4 is 4.74 Å². The number of ether oxygens (including phenoxy) is 1. The van der Waals surface area contributed by atoms with Crippen LogP contribution in [0.15, 0.2) is 6.07 Å². The lowest BCUT2D eigenvalue weighted by atomic mass is 10.4. The number of aromatic nitrogens is 2. The number of nitrogens with zero attached hydrogens (tertiary/aromatic N) is 3. The van der Waals surface area contributed by atoms with Gasteiger partial charge in [-0.25, -0.2) is 4.98 Å². The van der Waals surface area contributed by atoms with E-state index >= 15 is 0 Å². The summed E-state index contributed by atoms with van der Waals surface area (Å²) in [6.07, 6.45) is -3.88. The maximum absolute atomic E-state index is 12.4. The van der Waals surface area contributed by atoms with E-state index in [4.69, 9.17) is 16.3 Å². The van der Waals surface area contributed by atoms with Gasteiger partial charge in [-0.3, -0.25) is 0 Å². The quantitative estimate of drug-likeness (QED) is 0.615. The van der Waals surface area contributed by atoms with E-state index < -0.39 is 17.2 Å². The zero-order chi connectivity index (χ0) is 13.8. The highest BCUT2D eigenvalue weighted by Gasteiger charge is 2.33. The SMILES string of the molecule is CN(C)CCCOc1cc(C(F)(F)F)nc(Cl)n1. The Balaban J connectivity index is 2.63. The molecule has 4 nitrogen and oxygen atoms in total.